The Kier molecular flexibility index (Phi) is 38.9. The van der Waals surface area contributed by atoms with Gasteiger partial charge in [-0.15, -0.1) is 0 Å². The van der Waals surface area contributed by atoms with E-state index in [2.05, 4.69) is 13.8 Å². The average Bonchev–Trinajstić information content (AvgIpc) is 2.97. The highest BCUT2D eigenvalue weighted by molar-refractivity contribution is 5.67. The normalized spacial score (nSPS) is 12.5. The Hall–Kier alpha value is -1.14. The van der Waals surface area contributed by atoms with Crippen LogP contribution >= 0.6 is 0 Å². The molecule has 0 aliphatic heterocycles. The number of carboxylic acid groups (broad SMARTS) is 2. The molecule has 6 heteroatoms. The van der Waals surface area contributed by atoms with E-state index in [1.807, 2.05) is 0 Å². The Balaban J connectivity index is 0. The van der Waals surface area contributed by atoms with Crippen molar-refractivity contribution >= 4 is 11.9 Å². The molecule has 0 aliphatic carbocycles. The van der Waals surface area contributed by atoms with Crippen LogP contribution in [0.3, 0.4) is 0 Å². The largest absolute Gasteiger partial charge is 0.481 e. The number of aliphatic hydroxyl groups excluding tert-OH is 2. The van der Waals surface area contributed by atoms with Gasteiger partial charge in [0.1, 0.15) is 0 Å². The minimum Gasteiger partial charge on any atom is -0.481 e. The van der Waals surface area contributed by atoms with Crippen LogP contribution in [0.1, 0.15) is 219 Å². The van der Waals surface area contributed by atoms with E-state index in [9.17, 15) is 19.8 Å². The maximum Gasteiger partial charge on any atom is 0.305 e. The summed E-state index contributed by atoms with van der Waals surface area (Å²) in [6.45, 7) is 4.52. The molecule has 0 rings (SSSR count). The number of aliphatic carboxylic acids is 2. The van der Waals surface area contributed by atoms with E-state index in [1.54, 1.807) is 0 Å². The van der Waals surface area contributed by atoms with Gasteiger partial charge in [-0.2, -0.15) is 0 Å². The van der Waals surface area contributed by atoms with E-state index < -0.39 is 24.1 Å². The molecule has 0 spiro atoms. The van der Waals surface area contributed by atoms with Crippen LogP contribution in [0.15, 0.2) is 0 Å². The maximum atomic E-state index is 10.4. The van der Waals surface area contributed by atoms with Crippen LogP contribution in [0.25, 0.3) is 0 Å². The van der Waals surface area contributed by atoms with Crippen molar-refractivity contribution in [3.63, 3.8) is 0 Å². The lowest BCUT2D eigenvalue weighted by atomic mass is 10.0. The van der Waals surface area contributed by atoms with Crippen molar-refractivity contribution in [1.29, 1.82) is 0 Å². The second-order valence-corrected chi connectivity index (χ2v) is 13.3. The molecular formula is C38H76O6. The topological polar surface area (TPSA) is 115 Å². The van der Waals surface area contributed by atoms with Crippen molar-refractivity contribution in [2.75, 3.05) is 0 Å². The van der Waals surface area contributed by atoms with Gasteiger partial charge in [-0.25, -0.2) is 0 Å². The summed E-state index contributed by atoms with van der Waals surface area (Å²) in [7, 11) is 0. The van der Waals surface area contributed by atoms with Gasteiger partial charge in [-0.05, 0) is 12.8 Å². The quantitative estimate of drug-likeness (QED) is 0.0527. The molecule has 0 aromatic rings. The molecule has 0 aliphatic rings. The number of unbranched alkanes of at least 4 members (excludes halogenated alkanes) is 26. The van der Waals surface area contributed by atoms with Crippen molar-refractivity contribution in [1.82, 2.24) is 0 Å². The molecule has 0 aromatic carbocycles. The van der Waals surface area contributed by atoms with E-state index in [4.69, 9.17) is 10.2 Å². The van der Waals surface area contributed by atoms with Crippen LogP contribution in [0.5, 0.6) is 0 Å². The SMILES string of the molecule is CCCCCCCCCCCCCCCC(O)CC(=O)O.CCCCCCCCCCCCCCCCCC(O)CC(=O)O. The summed E-state index contributed by atoms with van der Waals surface area (Å²) in [6, 6.07) is 0. The van der Waals surface area contributed by atoms with Crippen LogP contribution in [0.2, 0.25) is 0 Å². The Labute approximate surface area is 273 Å². The van der Waals surface area contributed by atoms with Crippen molar-refractivity contribution in [3.8, 4) is 0 Å². The van der Waals surface area contributed by atoms with Crippen molar-refractivity contribution in [2.45, 2.75) is 232 Å². The van der Waals surface area contributed by atoms with E-state index in [0.29, 0.717) is 12.8 Å². The molecule has 6 nitrogen and oxygen atoms in total. The molecule has 0 saturated carbocycles. The minimum absolute atomic E-state index is 0.112. The molecule has 0 aromatic heterocycles. The first-order chi connectivity index (χ1) is 21.3. The molecule has 2 atom stereocenters. The Morgan fingerprint density at radius 1 is 0.364 bits per heavy atom. The molecule has 0 bridgehead atoms. The number of carboxylic acids is 2. The zero-order valence-electron chi connectivity index (χ0n) is 29.4. The molecule has 44 heavy (non-hydrogen) atoms. The summed E-state index contributed by atoms with van der Waals surface area (Å²) in [5.41, 5.74) is 0. The standard InChI is InChI=1S/C20H40O3.C18H36O3/c1-2-3-4-5-6-7-8-9-10-11-12-13-14-15-16-17-19(21)18-20(22)23;1-2-3-4-5-6-7-8-9-10-11-12-13-14-15-17(19)16-18(20)21/h19,21H,2-18H2,1H3,(H,22,23);17,19H,2-16H2,1H3,(H,20,21). The van der Waals surface area contributed by atoms with Gasteiger partial charge < -0.3 is 20.4 Å². The third-order valence-corrected chi connectivity index (χ3v) is 8.60. The molecule has 0 saturated heterocycles. The van der Waals surface area contributed by atoms with Gasteiger partial charge in [0.2, 0.25) is 0 Å². The summed E-state index contributed by atoms with van der Waals surface area (Å²) < 4.78 is 0. The van der Waals surface area contributed by atoms with Crippen molar-refractivity contribution in [2.24, 2.45) is 0 Å². The second-order valence-electron chi connectivity index (χ2n) is 13.3. The van der Waals surface area contributed by atoms with E-state index in [1.165, 1.54) is 154 Å². The first kappa shape index (κ1) is 45.0. The summed E-state index contributed by atoms with van der Waals surface area (Å²) in [4.78, 5) is 20.8. The number of aliphatic hydroxyl groups is 2. The summed E-state index contributed by atoms with van der Waals surface area (Å²) in [5, 5.41) is 35.9. The lowest BCUT2D eigenvalue weighted by molar-refractivity contribution is -0.140. The third-order valence-electron chi connectivity index (χ3n) is 8.60. The zero-order chi connectivity index (χ0) is 32.9. The van der Waals surface area contributed by atoms with E-state index in [-0.39, 0.29) is 12.8 Å². The first-order valence-corrected chi connectivity index (χ1v) is 19.1. The molecule has 0 amide bonds. The monoisotopic (exact) mass is 629 g/mol. The van der Waals surface area contributed by atoms with Crippen LogP contribution in [0, 0.1) is 0 Å². The maximum absolute atomic E-state index is 10.4. The van der Waals surface area contributed by atoms with Gasteiger partial charge in [-0.1, -0.05) is 194 Å². The lowest BCUT2D eigenvalue weighted by Gasteiger charge is -2.07. The van der Waals surface area contributed by atoms with Gasteiger partial charge >= 0.3 is 11.9 Å². The highest BCUT2D eigenvalue weighted by Crippen LogP contribution is 2.15. The van der Waals surface area contributed by atoms with Gasteiger partial charge in [0.15, 0.2) is 0 Å². The van der Waals surface area contributed by atoms with E-state index >= 15 is 0 Å². The molecule has 2 unspecified atom stereocenters. The van der Waals surface area contributed by atoms with Crippen LogP contribution in [0.4, 0.5) is 0 Å². The van der Waals surface area contributed by atoms with Crippen LogP contribution in [-0.4, -0.2) is 44.6 Å². The summed E-state index contributed by atoms with van der Waals surface area (Å²) >= 11 is 0. The number of hydrogen-bond acceptors (Lipinski definition) is 4. The molecule has 0 heterocycles. The molecule has 264 valence electrons. The summed E-state index contributed by atoms with van der Waals surface area (Å²) in [5.74, 6) is -1.81. The fourth-order valence-corrected chi connectivity index (χ4v) is 5.76. The fraction of sp³-hybridized carbons (Fsp3) is 0.947. The highest BCUT2D eigenvalue weighted by Gasteiger charge is 2.09. The Morgan fingerprint density at radius 3 is 0.727 bits per heavy atom. The fourth-order valence-electron chi connectivity index (χ4n) is 5.76. The lowest BCUT2D eigenvalue weighted by Crippen LogP contribution is -2.12. The molecule has 0 radical (unpaired) electrons. The zero-order valence-corrected chi connectivity index (χ0v) is 29.4. The first-order valence-electron chi connectivity index (χ1n) is 19.1. The van der Waals surface area contributed by atoms with Crippen LogP contribution < -0.4 is 0 Å². The van der Waals surface area contributed by atoms with Crippen molar-refractivity contribution < 1.29 is 30.0 Å². The summed E-state index contributed by atoms with van der Waals surface area (Å²) in [6.07, 6.45) is 36.6. The molecule has 0 fully saturated rings. The van der Waals surface area contributed by atoms with Gasteiger partial charge in [0, 0.05) is 0 Å². The van der Waals surface area contributed by atoms with Gasteiger partial charge in [-0.3, -0.25) is 9.59 Å². The average molecular weight is 629 g/mol. The number of carbonyl (C=O) groups is 2. The Bertz CT molecular complexity index is 582. The van der Waals surface area contributed by atoms with E-state index in [0.717, 1.165) is 25.7 Å². The van der Waals surface area contributed by atoms with Gasteiger partial charge in [0.05, 0.1) is 25.0 Å². The van der Waals surface area contributed by atoms with Gasteiger partial charge in [0.25, 0.3) is 0 Å². The van der Waals surface area contributed by atoms with Crippen molar-refractivity contribution in [3.05, 3.63) is 0 Å². The number of rotatable bonds is 34. The predicted molar refractivity (Wildman–Crippen MR) is 186 cm³/mol. The third kappa shape index (κ3) is 43.0. The smallest absolute Gasteiger partial charge is 0.305 e. The predicted octanol–water partition coefficient (Wildman–Crippen LogP) is 11.4. The second kappa shape index (κ2) is 38.0. The van der Waals surface area contributed by atoms with Crippen LogP contribution in [-0.2, 0) is 9.59 Å². The molecule has 4 N–H and O–H groups in total. The Morgan fingerprint density at radius 2 is 0.545 bits per heavy atom. The highest BCUT2D eigenvalue weighted by atomic mass is 16.4. The molecular weight excluding hydrogens is 552 g/mol. The number of hydrogen-bond donors (Lipinski definition) is 4. The minimum atomic E-state index is -0.905.